The smallest absolute Gasteiger partial charge is 0.253 e. The third-order valence-corrected chi connectivity index (χ3v) is 3.41. The number of carbonyl (C=O) groups excluding carboxylic acids is 1. The highest BCUT2D eigenvalue weighted by atomic mass is 19.1. The minimum atomic E-state index is -0.441. The monoisotopic (exact) mass is 327 g/mol. The Bertz CT molecular complexity index is 784. The summed E-state index contributed by atoms with van der Waals surface area (Å²) in [7, 11) is 0. The van der Waals surface area contributed by atoms with E-state index in [4.69, 9.17) is 10.4 Å². The average molecular weight is 327 g/mol. The van der Waals surface area contributed by atoms with Crippen molar-refractivity contribution in [3.63, 3.8) is 0 Å². The first-order valence-corrected chi connectivity index (χ1v) is 7.51. The molecule has 0 aromatic heterocycles. The van der Waals surface area contributed by atoms with E-state index in [1.165, 1.54) is 24.3 Å². The predicted molar refractivity (Wildman–Crippen MR) is 89.6 cm³/mol. The van der Waals surface area contributed by atoms with E-state index in [0.29, 0.717) is 29.8 Å². The summed E-state index contributed by atoms with van der Waals surface area (Å²) in [5.41, 5.74) is 2.01. The van der Waals surface area contributed by atoms with Gasteiger partial charge in [-0.15, -0.1) is 0 Å². The number of halogens is 1. The van der Waals surface area contributed by atoms with Crippen molar-refractivity contribution in [3.8, 4) is 6.07 Å². The van der Waals surface area contributed by atoms with Crippen LogP contribution in [0, 0.1) is 24.1 Å². The van der Waals surface area contributed by atoms with Crippen molar-refractivity contribution < 1.29 is 14.3 Å². The number of rotatable bonds is 6. The molecule has 124 valence electrons. The minimum absolute atomic E-state index is 0.0205. The summed E-state index contributed by atoms with van der Waals surface area (Å²) in [5, 5.41) is 23.4. The number of hydrogen-bond acceptors (Lipinski definition) is 4. The molecule has 0 spiro atoms. The summed E-state index contributed by atoms with van der Waals surface area (Å²) in [6, 6.07) is 11.3. The maximum atomic E-state index is 14.0. The molecule has 0 bridgehead atoms. The number of carbonyl (C=O) groups is 1. The van der Waals surface area contributed by atoms with Crippen molar-refractivity contribution in [1.82, 2.24) is 5.32 Å². The maximum absolute atomic E-state index is 14.0. The Hall–Kier alpha value is -2.91. The minimum Gasteiger partial charge on any atom is -0.396 e. The Kier molecular flexibility index (Phi) is 5.88. The molecular formula is C18H18FN3O2. The molecule has 6 heteroatoms. The van der Waals surface area contributed by atoms with Crippen LogP contribution in [-0.4, -0.2) is 24.2 Å². The Morgan fingerprint density at radius 3 is 2.71 bits per heavy atom. The summed E-state index contributed by atoms with van der Waals surface area (Å²) in [6.07, 6.45) is 0.442. The lowest BCUT2D eigenvalue weighted by Gasteiger charge is -2.13. The fourth-order valence-corrected chi connectivity index (χ4v) is 2.16. The van der Waals surface area contributed by atoms with Gasteiger partial charge in [0, 0.05) is 13.2 Å². The standard InChI is InChI=1S/C18H18FN3O2/c1-12-3-6-16(15(19)9-12)22-17-10-13(11-20)4-5-14(17)18(24)21-7-2-8-23/h3-6,9-10,22-23H,2,7-8H2,1H3,(H,21,24). The molecule has 24 heavy (non-hydrogen) atoms. The van der Waals surface area contributed by atoms with E-state index in [1.807, 2.05) is 6.07 Å². The normalized spacial score (nSPS) is 10.1. The van der Waals surface area contributed by atoms with Gasteiger partial charge in [-0.25, -0.2) is 4.39 Å². The van der Waals surface area contributed by atoms with Gasteiger partial charge in [0.05, 0.1) is 28.6 Å². The van der Waals surface area contributed by atoms with Gasteiger partial charge in [0.15, 0.2) is 0 Å². The van der Waals surface area contributed by atoms with Crippen LogP contribution in [-0.2, 0) is 0 Å². The summed E-state index contributed by atoms with van der Waals surface area (Å²) < 4.78 is 14.0. The number of anilines is 2. The second kappa shape index (κ2) is 8.09. The largest absolute Gasteiger partial charge is 0.396 e. The molecule has 0 heterocycles. The maximum Gasteiger partial charge on any atom is 0.253 e. The van der Waals surface area contributed by atoms with Crippen LogP contribution in [0.1, 0.15) is 27.9 Å². The van der Waals surface area contributed by atoms with Gasteiger partial charge in [-0.3, -0.25) is 4.79 Å². The Balaban J connectivity index is 2.32. The van der Waals surface area contributed by atoms with E-state index in [2.05, 4.69) is 10.6 Å². The van der Waals surface area contributed by atoms with Crippen LogP contribution in [0.15, 0.2) is 36.4 Å². The van der Waals surface area contributed by atoms with Crippen molar-refractivity contribution in [2.24, 2.45) is 0 Å². The van der Waals surface area contributed by atoms with E-state index in [9.17, 15) is 9.18 Å². The molecule has 3 N–H and O–H groups in total. The molecular weight excluding hydrogens is 309 g/mol. The molecule has 0 saturated heterocycles. The van der Waals surface area contributed by atoms with Crippen molar-refractivity contribution in [1.29, 1.82) is 5.26 Å². The second-order valence-electron chi connectivity index (χ2n) is 5.31. The van der Waals surface area contributed by atoms with Gasteiger partial charge in [0.1, 0.15) is 5.82 Å². The highest BCUT2D eigenvalue weighted by molar-refractivity contribution is 6.00. The van der Waals surface area contributed by atoms with Gasteiger partial charge < -0.3 is 15.7 Å². The molecule has 0 aliphatic carbocycles. The molecule has 0 aliphatic heterocycles. The van der Waals surface area contributed by atoms with Crippen molar-refractivity contribution in [3.05, 3.63) is 58.9 Å². The fraction of sp³-hybridized carbons (Fsp3) is 0.222. The number of nitrogens with zero attached hydrogens (tertiary/aromatic N) is 1. The summed E-state index contributed by atoms with van der Waals surface area (Å²) >= 11 is 0. The van der Waals surface area contributed by atoms with Gasteiger partial charge in [0.25, 0.3) is 5.91 Å². The number of nitriles is 1. The number of aliphatic hydroxyl groups is 1. The van der Waals surface area contributed by atoms with Gasteiger partial charge in [0.2, 0.25) is 0 Å². The van der Waals surface area contributed by atoms with E-state index in [-0.39, 0.29) is 18.2 Å². The van der Waals surface area contributed by atoms with E-state index in [0.717, 1.165) is 5.56 Å². The zero-order valence-electron chi connectivity index (χ0n) is 13.3. The summed E-state index contributed by atoms with van der Waals surface area (Å²) in [4.78, 5) is 12.3. The van der Waals surface area contributed by atoms with E-state index < -0.39 is 5.82 Å². The first-order chi connectivity index (χ1) is 11.5. The molecule has 1 amide bonds. The van der Waals surface area contributed by atoms with Crippen molar-refractivity contribution in [2.45, 2.75) is 13.3 Å². The van der Waals surface area contributed by atoms with Crippen LogP contribution in [0.2, 0.25) is 0 Å². The third kappa shape index (κ3) is 4.31. The molecule has 0 radical (unpaired) electrons. The molecule has 0 unspecified atom stereocenters. The van der Waals surface area contributed by atoms with Crippen LogP contribution in [0.25, 0.3) is 0 Å². The van der Waals surface area contributed by atoms with Crippen LogP contribution < -0.4 is 10.6 Å². The molecule has 2 aromatic carbocycles. The first kappa shape index (κ1) is 17.4. The molecule has 0 fully saturated rings. The topological polar surface area (TPSA) is 85.2 Å². The van der Waals surface area contributed by atoms with E-state index >= 15 is 0 Å². The van der Waals surface area contributed by atoms with Crippen LogP contribution in [0.4, 0.5) is 15.8 Å². The Labute approximate surface area is 139 Å². The van der Waals surface area contributed by atoms with Gasteiger partial charge in [-0.05, 0) is 49.2 Å². The molecule has 0 atom stereocenters. The van der Waals surface area contributed by atoms with Crippen LogP contribution in [0.5, 0.6) is 0 Å². The zero-order valence-corrected chi connectivity index (χ0v) is 13.3. The summed E-state index contributed by atoms with van der Waals surface area (Å²) in [5.74, 6) is -0.799. The lowest BCUT2D eigenvalue weighted by atomic mass is 10.1. The van der Waals surface area contributed by atoms with Gasteiger partial charge in [-0.2, -0.15) is 5.26 Å². The van der Waals surface area contributed by atoms with Gasteiger partial charge >= 0.3 is 0 Å². The Morgan fingerprint density at radius 2 is 2.04 bits per heavy atom. The molecule has 0 saturated carbocycles. The fourth-order valence-electron chi connectivity index (χ4n) is 2.16. The molecule has 2 rings (SSSR count). The molecule has 5 nitrogen and oxygen atoms in total. The third-order valence-electron chi connectivity index (χ3n) is 3.41. The Morgan fingerprint density at radius 1 is 1.25 bits per heavy atom. The average Bonchev–Trinajstić information content (AvgIpc) is 2.57. The number of aliphatic hydroxyl groups excluding tert-OH is 1. The number of nitrogens with one attached hydrogen (secondary N) is 2. The van der Waals surface area contributed by atoms with Crippen LogP contribution >= 0.6 is 0 Å². The quantitative estimate of drug-likeness (QED) is 0.712. The predicted octanol–water partition coefficient (Wildman–Crippen LogP) is 2.86. The SMILES string of the molecule is Cc1ccc(Nc2cc(C#N)ccc2C(=O)NCCCO)c(F)c1. The van der Waals surface area contributed by atoms with Crippen LogP contribution in [0.3, 0.4) is 0 Å². The highest BCUT2D eigenvalue weighted by Crippen LogP contribution is 2.25. The summed E-state index contributed by atoms with van der Waals surface area (Å²) in [6.45, 7) is 2.09. The lowest BCUT2D eigenvalue weighted by molar-refractivity contribution is 0.0952. The molecule has 2 aromatic rings. The second-order valence-corrected chi connectivity index (χ2v) is 5.31. The van der Waals surface area contributed by atoms with E-state index in [1.54, 1.807) is 19.1 Å². The number of hydrogen-bond donors (Lipinski definition) is 3. The number of benzene rings is 2. The number of amides is 1. The van der Waals surface area contributed by atoms with Crippen molar-refractivity contribution >= 4 is 17.3 Å². The molecule has 0 aliphatic rings. The van der Waals surface area contributed by atoms with Crippen molar-refractivity contribution in [2.75, 3.05) is 18.5 Å². The highest BCUT2D eigenvalue weighted by Gasteiger charge is 2.13. The van der Waals surface area contributed by atoms with Gasteiger partial charge in [-0.1, -0.05) is 6.07 Å². The number of aryl methyl sites for hydroxylation is 1. The lowest BCUT2D eigenvalue weighted by Crippen LogP contribution is -2.25. The first-order valence-electron chi connectivity index (χ1n) is 7.51. The zero-order chi connectivity index (χ0) is 17.5.